The number of benzene rings is 3. The Balaban J connectivity index is 1.61. The van der Waals surface area contributed by atoms with Crippen LogP contribution in [-0.2, 0) is 11.3 Å². The van der Waals surface area contributed by atoms with E-state index in [1.54, 1.807) is 60.2 Å². The highest BCUT2D eigenvalue weighted by Gasteiger charge is 2.21. The van der Waals surface area contributed by atoms with Crippen molar-refractivity contribution < 1.29 is 19.2 Å². The van der Waals surface area contributed by atoms with Gasteiger partial charge in [-0.3, -0.25) is 19.8 Å². The van der Waals surface area contributed by atoms with Gasteiger partial charge in [-0.15, -0.1) is 0 Å². The van der Waals surface area contributed by atoms with Crippen LogP contribution in [0.2, 0.25) is 0 Å². The van der Waals surface area contributed by atoms with Crippen LogP contribution >= 0.6 is 11.8 Å². The number of hydrogen-bond acceptors (Lipinski definition) is 7. The Kier molecular flexibility index (Phi) is 9.75. The number of hydrogen-bond donors (Lipinski definition) is 0. The zero-order valence-corrected chi connectivity index (χ0v) is 22.6. The largest absolute Gasteiger partial charge is 0.497 e. The van der Waals surface area contributed by atoms with E-state index in [-0.39, 0.29) is 18.1 Å². The molecule has 0 aliphatic carbocycles. The molecule has 38 heavy (non-hydrogen) atoms. The number of morpholine rings is 1. The summed E-state index contributed by atoms with van der Waals surface area (Å²) in [7, 11) is 1.57. The first kappa shape index (κ1) is 27.6. The van der Waals surface area contributed by atoms with Crippen molar-refractivity contribution in [2.45, 2.75) is 29.7 Å². The number of rotatable bonds is 11. The molecule has 1 fully saturated rings. The molecule has 3 aromatic carbocycles. The van der Waals surface area contributed by atoms with Crippen molar-refractivity contribution in [3.8, 4) is 5.75 Å². The van der Waals surface area contributed by atoms with Gasteiger partial charge in [0.15, 0.2) is 0 Å². The predicted molar refractivity (Wildman–Crippen MR) is 148 cm³/mol. The molecule has 0 aromatic heterocycles. The molecule has 0 N–H and O–H groups in total. The summed E-state index contributed by atoms with van der Waals surface area (Å²) in [5.41, 5.74) is 2.44. The zero-order chi connectivity index (χ0) is 26.9. The van der Waals surface area contributed by atoms with Gasteiger partial charge >= 0.3 is 0 Å². The topological polar surface area (TPSA) is 85.2 Å². The zero-order valence-electron chi connectivity index (χ0n) is 21.8. The fourth-order valence-corrected chi connectivity index (χ4v) is 5.26. The molecule has 200 valence electrons. The van der Waals surface area contributed by atoms with Crippen LogP contribution in [0.1, 0.15) is 27.9 Å². The van der Waals surface area contributed by atoms with Crippen molar-refractivity contribution in [2.24, 2.45) is 0 Å². The molecular weight excluding hydrogens is 502 g/mol. The third kappa shape index (κ3) is 7.56. The van der Waals surface area contributed by atoms with Gasteiger partial charge in [0, 0.05) is 60.2 Å². The summed E-state index contributed by atoms with van der Waals surface area (Å²) in [5.74, 6) is 0.471. The average Bonchev–Trinajstić information content (AvgIpc) is 2.94. The summed E-state index contributed by atoms with van der Waals surface area (Å²) < 4.78 is 10.8. The predicted octanol–water partition coefficient (Wildman–Crippen LogP) is 5.43. The Morgan fingerprint density at radius 1 is 1.11 bits per heavy atom. The van der Waals surface area contributed by atoms with E-state index in [4.69, 9.17) is 9.47 Å². The summed E-state index contributed by atoms with van der Waals surface area (Å²) in [6, 6.07) is 20.1. The van der Waals surface area contributed by atoms with Gasteiger partial charge in [0.05, 0.1) is 25.2 Å². The first-order valence-electron chi connectivity index (χ1n) is 12.7. The van der Waals surface area contributed by atoms with Gasteiger partial charge in [0.2, 0.25) is 0 Å². The van der Waals surface area contributed by atoms with Gasteiger partial charge in [0.25, 0.3) is 11.6 Å². The molecule has 1 saturated heterocycles. The Hall–Kier alpha value is -3.40. The number of ether oxygens (including phenoxy) is 2. The van der Waals surface area contributed by atoms with Crippen LogP contribution in [0, 0.1) is 17.0 Å². The van der Waals surface area contributed by atoms with Crippen LogP contribution in [0.15, 0.2) is 76.5 Å². The number of nitro groups is 1. The molecule has 3 aromatic rings. The van der Waals surface area contributed by atoms with E-state index < -0.39 is 4.92 Å². The highest BCUT2D eigenvalue weighted by atomic mass is 32.2. The lowest BCUT2D eigenvalue weighted by molar-refractivity contribution is -0.385. The number of non-ortho nitro benzene ring substituents is 1. The number of methoxy groups -OCH3 is 1. The first-order valence-corrected chi connectivity index (χ1v) is 13.5. The highest BCUT2D eigenvalue weighted by Crippen LogP contribution is 2.34. The molecule has 0 bridgehead atoms. The minimum absolute atomic E-state index is 0.00959. The number of amides is 1. The van der Waals surface area contributed by atoms with Crippen molar-refractivity contribution in [3.05, 3.63) is 93.5 Å². The van der Waals surface area contributed by atoms with Crippen molar-refractivity contribution in [3.63, 3.8) is 0 Å². The van der Waals surface area contributed by atoms with Crippen LogP contribution in [-0.4, -0.2) is 67.1 Å². The quantitative estimate of drug-likeness (QED) is 0.239. The highest BCUT2D eigenvalue weighted by molar-refractivity contribution is 7.99. The summed E-state index contributed by atoms with van der Waals surface area (Å²) in [4.78, 5) is 31.0. The van der Waals surface area contributed by atoms with E-state index in [2.05, 4.69) is 4.90 Å². The van der Waals surface area contributed by atoms with Gasteiger partial charge in [-0.05, 0) is 55.3 Å². The van der Waals surface area contributed by atoms with E-state index in [0.717, 1.165) is 60.2 Å². The molecule has 0 radical (unpaired) electrons. The Morgan fingerprint density at radius 3 is 2.58 bits per heavy atom. The standard InChI is InChI=1S/C29H33N3O5S/c1-22-7-10-27(11-8-22)38-28-12-9-25(32(34)35)19-24(28)21-31(14-4-13-30-15-17-37-18-16-30)29(33)23-5-3-6-26(20-23)36-2/h3,5-12,19-20H,4,13-18,21H2,1-2H3. The number of carbonyl (C=O) groups is 1. The monoisotopic (exact) mass is 535 g/mol. The Bertz CT molecular complexity index is 1250. The van der Waals surface area contributed by atoms with Gasteiger partial charge in [0.1, 0.15) is 5.75 Å². The Morgan fingerprint density at radius 2 is 1.87 bits per heavy atom. The number of aryl methyl sites for hydroxylation is 1. The molecule has 1 heterocycles. The van der Waals surface area contributed by atoms with Crippen molar-refractivity contribution in [1.29, 1.82) is 0 Å². The van der Waals surface area contributed by atoms with E-state index in [1.165, 1.54) is 6.07 Å². The van der Waals surface area contributed by atoms with E-state index >= 15 is 0 Å². The van der Waals surface area contributed by atoms with Crippen LogP contribution < -0.4 is 4.74 Å². The maximum atomic E-state index is 13.7. The van der Waals surface area contributed by atoms with E-state index in [9.17, 15) is 14.9 Å². The summed E-state index contributed by atoms with van der Waals surface area (Å²) in [6.45, 7) is 6.87. The second kappa shape index (κ2) is 13.4. The molecule has 9 heteroatoms. The lowest BCUT2D eigenvalue weighted by Gasteiger charge is -2.29. The minimum Gasteiger partial charge on any atom is -0.497 e. The molecule has 1 aliphatic heterocycles. The van der Waals surface area contributed by atoms with Crippen LogP contribution in [0.4, 0.5) is 5.69 Å². The Labute approximate surface area is 227 Å². The molecule has 8 nitrogen and oxygen atoms in total. The average molecular weight is 536 g/mol. The van der Waals surface area contributed by atoms with Gasteiger partial charge in [-0.1, -0.05) is 35.5 Å². The molecule has 1 amide bonds. The number of nitro benzene ring substituents is 1. The smallest absolute Gasteiger partial charge is 0.269 e. The van der Waals surface area contributed by atoms with Crippen LogP contribution in [0.25, 0.3) is 0 Å². The molecule has 4 rings (SSSR count). The molecule has 0 atom stereocenters. The van der Waals surface area contributed by atoms with E-state index in [0.29, 0.717) is 17.9 Å². The van der Waals surface area contributed by atoms with Crippen LogP contribution in [0.5, 0.6) is 5.75 Å². The molecule has 0 unspecified atom stereocenters. The minimum atomic E-state index is -0.392. The third-order valence-electron chi connectivity index (χ3n) is 6.47. The van der Waals surface area contributed by atoms with E-state index in [1.807, 2.05) is 31.2 Å². The maximum absolute atomic E-state index is 13.7. The lowest BCUT2D eigenvalue weighted by Crippen LogP contribution is -2.39. The number of nitrogens with zero attached hydrogens (tertiary/aromatic N) is 3. The van der Waals surface area contributed by atoms with Gasteiger partial charge in [-0.2, -0.15) is 0 Å². The first-order chi connectivity index (χ1) is 18.4. The maximum Gasteiger partial charge on any atom is 0.269 e. The fraction of sp³-hybridized carbons (Fsp3) is 0.345. The second-order valence-electron chi connectivity index (χ2n) is 9.23. The second-order valence-corrected chi connectivity index (χ2v) is 10.3. The molecule has 0 saturated carbocycles. The fourth-order valence-electron chi connectivity index (χ4n) is 4.34. The molecular formula is C29H33N3O5S. The summed E-state index contributed by atoms with van der Waals surface area (Å²) in [6.07, 6.45) is 0.783. The van der Waals surface area contributed by atoms with Crippen molar-refractivity contribution in [2.75, 3.05) is 46.5 Å². The third-order valence-corrected chi connectivity index (χ3v) is 7.60. The van der Waals surface area contributed by atoms with Crippen molar-refractivity contribution in [1.82, 2.24) is 9.80 Å². The normalized spacial score (nSPS) is 13.7. The summed E-state index contributed by atoms with van der Waals surface area (Å²) >= 11 is 1.54. The molecule has 0 spiro atoms. The SMILES string of the molecule is COc1cccc(C(=O)N(CCCN2CCOCC2)Cc2cc([N+](=O)[O-])ccc2Sc2ccc(C)cc2)c1. The van der Waals surface area contributed by atoms with Crippen molar-refractivity contribution >= 4 is 23.4 Å². The number of carbonyl (C=O) groups excluding carboxylic acids is 1. The van der Waals surface area contributed by atoms with Gasteiger partial charge in [-0.25, -0.2) is 0 Å². The summed E-state index contributed by atoms with van der Waals surface area (Å²) in [5, 5.41) is 11.6. The molecule has 1 aliphatic rings. The lowest BCUT2D eigenvalue weighted by atomic mass is 10.1. The van der Waals surface area contributed by atoms with Crippen LogP contribution in [0.3, 0.4) is 0 Å². The van der Waals surface area contributed by atoms with Gasteiger partial charge < -0.3 is 14.4 Å².